The van der Waals surface area contributed by atoms with Crippen molar-refractivity contribution in [2.75, 3.05) is 14.2 Å². The Morgan fingerprint density at radius 2 is 1.94 bits per heavy atom. The monoisotopic (exact) mass is 270 g/mol. The molecule has 90 valence electrons. The number of ether oxygens (including phenoxy) is 2. The maximum Gasteiger partial charge on any atom is 0.181 e. The highest BCUT2D eigenvalue weighted by Gasteiger charge is 2.11. The second kappa shape index (κ2) is 4.81. The van der Waals surface area contributed by atoms with Crippen molar-refractivity contribution < 1.29 is 9.47 Å². The maximum atomic E-state index is 6.09. The van der Waals surface area contributed by atoms with Crippen molar-refractivity contribution in [2.45, 2.75) is 0 Å². The minimum absolute atomic E-state index is 0.506. The van der Waals surface area contributed by atoms with Crippen LogP contribution in [-0.2, 0) is 0 Å². The lowest BCUT2D eigenvalue weighted by molar-refractivity contribution is 0.393. The van der Waals surface area contributed by atoms with E-state index in [0.29, 0.717) is 21.3 Å². The average Bonchev–Trinajstić information content (AvgIpc) is 2.75. The lowest BCUT2D eigenvalue weighted by Gasteiger charge is -2.12. The summed E-state index contributed by atoms with van der Waals surface area (Å²) in [5, 5.41) is 0.506. The molecule has 0 atom stereocenters. The largest absolute Gasteiger partial charge is 0.495 e. The van der Waals surface area contributed by atoms with Crippen molar-refractivity contribution in [3.05, 3.63) is 34.3 Å². The van der Waals surface area contributed by atoms with Crippen LogP contribution in [-0.4, -0.2) is 23.8 Å². The van der Waals surface area contributed by atoms with Gasteiger partial charge in [0.25, 0.3) is 0 Å². The van der Waals surface area contributed by atoms with Crippen LogP contribution in [0.1, 0.15) is 0 Å². The predicted octanol–water partition coefficient (Wildman–Crippen LogP) is 3.21. The number of benzene rings is 1. The van der Waals surface area contributed by atoms with Gasteiger partial charge in [0.1, 0.15) is 11.5 Å². The summed E-state index contributed by atoms with van der Waals surface area (Å²) in [7, 11) is 3.14. The molecular weight excluding hydrogens is 260 g/mol. The quantitative estimate of drug-likeness (QED) is 0.871. The molecule has 0 unspecified atom stereocenters. The van der Waals surface area contributed by atoms with E-state index >= 15 is 0 Å². The summed E-state index contributed by atoms with van der Waals surface area (Å²) in [5.74, 6) is 1.20. The van der Waals surface area contributed by atoms with E-state index in [0.717, 1.165) is 5.69 Å². The number of imidazole rings is 1. The molecule has 0 aliphatic rings. The SMILES string of the molecule is COc1cc(OC)c(-n2cc[nH]c2=S)cc1Cl. The molecular formula is C11H11ClN2O2S. The van der Waals surface area contributed by atoms with E-state index in [1.165, 1.54) is 0 Å². The van der Waals surface area contributed by atoms with Gasteiger partial charge in [-0.15, -0.1) is 0 Å². The van der Waals surface area contributed by atoms with Crippen molar-refractivity contribution >= 4 is 23.8 Å². The molecule has 0 radical (unpaired) electrons. The van der Waals surface area contributed by atoms with Gasteiger partial charge in [0.15, 0.2) is 4.77 Å². The first kappa shape index (κ1) is 12.0. The predicted molar refractivity (Wildman–Crippen MR) is 69.1 cm³/mol. The van der Waals surface area contributed by atoms with Gasteiger partial charge in [-0.05, 0) is 18.3 Å². The van der Waals surface area contributed by atoms with E-state index in [4.69, 9.17) is 33.3 Å². The number of halogens is 1. The number of methoxy groups -OCH3 is 2. The number of hydrogen-bond donors (Lipinski definition) is 1. The van der Waals surface area contributed by atoms with Crippen LogP contribution in [0, 0.1) is 4.77 Å². The highest BCUT2D eigenvalue weighted by Crippen LogP contribution is 2.34. The molecule has 2 rings (SSSR count). The van der Waals surface area contributed by atoms with Gasteiger partial charge in [-0.1, -0.05) is 11.6 Å². The van der Waals surface area contributed by atoms with Crippen LogP contribution in [0.2, 0.25) is 5.02 Å². The first-order chi connectivity index (χ1) is 8.17. The third-order valence-electron chi connectivity index (χ3n) is 2.36. The molecule has 4 nitrogen and oxygen atoms in total. The van der Waals surface area contributed by atoms with E-state index in [9.17, 15) is 0 Å². The number of aromatic nitrogens is 2. The van der Waals surface area contributed by atoms with E-state index in [1.807, 2.05) is 6.20 Å². The molecule has 1 aromatic carbocycles. The number of nitrogens with one attached hydrogen (secondary N) is 1. The van der Waals surface area contributed by atoms with Gasteiger partial charge in [0.2, 0.25) is 0 Å². The van der Waals surface area contributed by atoms with Crippen LogP contribution in [0.5, 0.6) is 11.5 Å². The summed E-state index contributed by atoms with van der Waals surface area (Å²) < 4.78 is 12.8. The van der Waals surface area contributed by atoms with E-state index < -0.39 is 0 Å². The lowest BCUT2D eigenvalue weighted by Crippen LogP contribution is -1.98. The molecule has 0 bridgehead atoms. The van der Waals surface area contributed by atoms with Crippen LogP contribution in [0.15, 0.2) is 24.5 Å². The normalized spacial score (nSPS) is 10.3. The van der Waals surface area contributed by atoms with E-state index in [1.54, 1.807) is 37.1 Å². The van der Waals surface area contributed by atoms with Crippen molar-refractivity contribution in [2.24, 2.45) is 0 Å². The Labute approximate surface area is 109 Å². The van der Waals surface area contributed by atoms with Gasteiger partial charge in [0, 0.05) is 18.5 Å². The Morgan fingerprint density at radius 1 is 1.24 bits per heavy atom. The zero-order valence-corrected chi connectivity index (χ0v) is 10.9. The molecule has 1 N–H and O–H groups in total. The Balaban J connectivity index is 2.66. The molecule has 1 aromatic heterocycles. The standard InChI is InChI=1S/C11H11ClN2O2S/c1-15-9-6-10(16-2)8(5-7(9)12)14-4-3-13-11(14)17/h3-6H,1-2H3,(H,13,17). The zero-order valence-electron chi connectivity index (χ0n) is 9.36. The summed E-state index contributed by atoms with van der Waals surface area (Å²) in [4.78, 5) is 2.91. The van der Waals surface area contributed by atoms with Crippen LogP contribution >= 0.6 is 23.8 Å². The fourth-order valence-corrected chi connectivity index (χ4v) is 2.00. The average molecular weight is 271 g/mol. The third kappa shape index (κ3) is 2.16. The van der Waals surface area contributed by atoms with Crippen molar-refractivity contribution in [1.29, 1.82) is 0 Å². The zero-order chi connectivity index (χ0) is 12.4. The molecule has 6 heteroatoms. The van der Waals surface area contributed by atoms with Crippen LogP contribution < -0.4 is 9.47 Å². The van der Waals surface area contributed by atoms with Gasteiger partial charge in [0.05, 0.1) is 24.9 Å². The van der Waals surface area contributed by atoms with E-state index in [-0.39, 0.29) is 0 Å². The molecule has 1 heterocycles. The van der Waals surface area contributed by atoms with Gasteiger partial charge in [-0.3, -0.25) is 4.57 Å². The van der Waals surface area contributed by atoms with E-state index in [2.05, 4.69) is 4.98 Å². The van der Waals surface area contributed by atoms with Crippen molar-refractivity contribution in [3.63, 3.8) is 0 Å². The molecule has 0 saturated carbocycles. The van der Waals surface area contributed by atoms with Gasteiger partial charge in [-0.2, -0.15) is 0 Å². The van der Waals surface area contributed by atoms with Crippen molar-refractivity contribution in [3.8, 4) is 17.2 Å². The first-order valence-corrected chi connectivity index (χ1v) is 5.64. The second-order valence-electron chi connectivity index (χ2n) is 3.29. The Kier molecular flexibility index (Phi) is 3.40. The molecule has 0 fully saturated rings. The topological polar surface area (TPSA) is 39.2 Å². The van der Waals surface area contributed by atoms with Gasteiger partial charge < -0.3 is 14.5 Å². The Bertz CT molecular complexity index is 591. The van der Waals surface area contributed by atoms with Crippen LogP contribution in [0.25, 0.3) is 5.69 Å². The van der Waals surface area contributed by atoms with Crippen LogP contribution in [0.3, 0.4) is 0 Å². The number of rotatable bonds is 3. The molecule has 0 spiro atoms. The third-order valence-corrected chi connectivity index (χ3v) is 2.97. The maximum absolute atomic E-state index is 6.09. The summed E-state index contributed by atoms with van der Waals surface area (Å²) >= 11 is 11.2. The molecule has 17 heavy (non-hydrogen) atoms. The number of aromatic amines is 1. The fourth-order valence-electron chi connectivity index (χ4n) is 1.54. The van der Waals surface area contributed by atoms with Crippen molar-refractivity contribution in [1.82, 2.24) is 9.55 Å². The molecule has 2 aromatic rings. The summed E-state index contributed by atoms with van der Waals surface area (Å²) in [6.45, 7) is 0. The highest BCUT2D eigenvalue weighted by atomic mass is 35.5. The summed E-state index contributed by atoms with van der Waals surface area (Å²) in [6, 6.07) is 3.48. The fraction of sp³-hybridized carbons (Fsp3) is 0.182. The Hall–Kier alpha value is -1.46. The minimum Gasteiger partial charge on any atom is -0.495 e. The number of H-pyrrole nitrogens is 1. The molecule has 0 aliphatic heterocycles. The smallest absolute Gasteiger partial charge is 0.181 e. The summed E-state index contributed by atoms with van der Waals surface area (Å²) in [5.41, 5.74) is 0.768. The lowest BCUT2D eigenvalue weighted by atomic mass is 10.2. The molecule has 0 aliphatic carbocycles. The highest BCUT2D eigenvalue weighted by molar-refractivity contribution is 7.71. The number of nitrogens with zero attached hydrogens (tertiary/aromatic N) is 1. The van der Waals surface area contributed by atoms with Gasteiger partial charge in [-0.25, -0.2) is 0 Å². The minimum atomic E-state index is 0.506. The Morgan fingerprint density at radius 3 is 2.47 bits per heavy atom. The second-order valence-corrected chi connectivity index (χ2v) is 4.09. The van der Waals surface area contributed by atoms with Crippen LogP contribution in [0.4, 0.5) is 0 Å². The summed E-state index contributed by atoms with van der Waals surface area (Å²) in [6.07, 6.45) is 3.56. The first-order valence-electron chi connectivity index (χ1n) is 4.85. The molecule has 0 amide bonds. The van der Waals surface area contributed by atoms with Gasteiger partial charge >= 0.3 is 0 Å². The molecule has 0 saturated heterocycles. The number of hydrogen-bond acceptors (Lipinski definition) is 3.